The van der Waals surface area contributed by atoms with Crippen LogP contribution in [0.4, 0.5) is 0 Å². The molecule has 4 aromatic rings. The molecule has 1 amide bonds. The summed E-state index contributed by atoms with van der Waals surface area (Å²) < 4.78 is 7.18. The molecule has 0 bridgehead atoms. The molecule has 0 aliphatic heterocycles. The molecule has 0 fully saturated rings. The molecule has 0 aliphatic rings. The van der Waals surface area contributed by atoms with Crippen LogP contribution in [0.2, 0.25) is 0 Å². The maximum atomic E-state index is 12.3. The molecule has 1 aromatic carbocycles. The summed E-state index contributed by atoms with van der Waals surface area (Å²) in [4.78, 5) is 12.3. The van der Waals surface area contributed by atoms with E-state index in [9.17, 15) is 4.79 Å². The van der Waals surface area contributed by atoms with E-state index in [4.69, 9.17) is 4.52 Å². The Hall–Kier alpha value is -3.48. The molecule has 0 aliphatic carbocycles. The number of carbonyl (C=O) groups is 1. The zero-order valence-corrected chi connectivity index (χ0v) is 14.2. The van der Waals surface area contributed by atoms with Gasteiger partial charge in [0.2, 0.25) is 0 Å². The highest BCUT2D eigenvalue weighted by Crippen LogP contribution is 2.20. The van der Waals surface area contributed by atoms with Gasteiger partial charge in [-0.15, -0.1) is 10.2 Å². The van der Waals surface area contributed by atoms with Crippen molar-refractivity contribution in [3.05, 3.63) is 71.8 Å². The van der Waals surface area contributed by atoms with Gasteiger partial charge in [0, 0.05) is 30.8 Å². The van der Waals surface area contributed by atoms with E-state index in [0.717, 1.165) is 22.6 Å². The van der Waals surface area contributed by atoms with E-state index < -0.39 is 0 Å². The Balaban J connectivity index is 1.39. The van der Waals surface area contributed by atoms with Crippen LogP contribution in [0.3, 0.4) is 0 Å². The predicted molar refractivity (Wildman–Crippen MR) is 95.7 cm³/mol. The molecule has 26 heavy (non-hydrogen) atoms. The van der Waals surface area contributed by atoms with Gasteiger partial charge in [0.05, 0.1) is 0 Å². The lowest BCUT2D eigenvalue weighted by Gasteiger charge is -2.02. The Morgan fingerprint density at radius 2 is 2.00 bits per heavy atom. The summed E-state index contributed by atoms with van der Waals surface area (Å²) in [6.45, 7) is 2.45. The fraction of sp³-hybridized carbons (Fsp3) is 0.158. The third-order valence-corrected chi connectivity index (χ3v) is 4.10. The summed E-state index contributed by atoms with van der Waals surface area (Å²) in [6.07, 6.45) is 2.47. The third-order valence-electron chi connectivity index (χ3n) is 4.10. The van der Waals surface area contributed by atoms with E-state index in [-0.39, 0.29) is 11.6 Å². The number of hydrogen-bond donors (Lipinski definition) is 1. The van der Waals surface area contributed by atoms with Crippen molar-refractivity contribution in [2.75, 3.05) is 6.54 Å². The van der Waals surface area contributed by atoms with E-state index in [0.29, 0.717) is 18.7 Å². The number of pyridine rings is 1. The summed E-state index contributed by atoms with van der Waals surface area (Å²) in [7, 11) is 0. The van der Waals surface area contributed by atoms with Gasteiger partial charge in [0.1, 0.15) is 5.82 Å². The van der Waals surface area contributed by atoms with Crippen molar-refractivity contribution in [2.45, 2.75) is 13.3 Å². The van der Waals surface area contributed by atoms with Crippen LogP contribution in [0, 0.1) is 6.92 Å². The van der Waals surface area contributed by atoms with Crippen molar-refractivity contribution in [3.8, 4) is 11.3 Å². The van der Waals surface area contributed by atoms with Gasteiger partial charge in [0.25, 0.3) is 5.91 Å². The Morgan fingerprint density at radius 3 is 2.85 bits per heavy atom. The number of aromatic nitrogens is 4. The number of rotatable bonds is 5. The highest BCUT2D eigenvalue weighted by atomic mass is 16.5. The summed E-state index contributed by atoms with van der Waals surface area (Å²) in [6, 6.07) is 15.2. The molecule has 0 spiro atoms. The van der Waals surface area contributed by atoms with Gasteiger partial charge in [-0.2, -0.15) is 0 Å². The van der Waals surface area contributed by atoms with Crippen LogP contribution in [-0.4, -0.2) is 32.2 Å². The molecule has 3 heterocycles. The predicted octanol–water partition coefficient (Wildman–Crippen LogP) is 2.67. The van der Waals surface area contributed by atoms with Gasteiger partial charge >= 0.3 is 0 Å². The monoisotopic (exact) mass is 347 g/mol. The first-order chi connectivity index (χ1) is 12.7. The molecular formula is C19H17N5O2. The van der Waals surface area contributed by atoms with Crippen molar-refractivity contribution in [3.63, 3.8) is 0 Å². The molecule has 0 saturated carbocycles. The average molecular weight is 347 g/mol. The fourth-order valence-electron chi connectivity index (χ4n) is 2.68. The van der Waals surface area contributed by atoms with E-state index in [1.165, 1.54) is 0 Å². The molecule has 0 radical (unpaired) electrons. The van der Waals surface area contributed by atoms with Crippen molar-refractivity contribution in [2.24, 2.45) is 0 Å². The van der Waals surface area contributed by atoms with Crippen molar-refractivity contribution >= 4 is 11.6 Å². The van der Waals surface area contributed by atoms with Gasteiger partial charge in [-0.05, 0) is 19.1 Å². The third kappa shape index (κ3) is 3.19. The van der Waals surface area contributed by atoms with Gasteiger partial charge in [-0.3, -0.25) is 9.20 Å². The number of fused-ring (bicyclic) bond motifs is 1. The number of carbonyl (C=O) groups excluding carboxylic acids is 1. The van der Waals surface area contributed by atoms with Crippen LogP contribution in [-0.2, 0) is 6.42 Å². The normalized spacial score (nSPS) is 11.0. The van der Waals surface area contributed by atoms with Gasteiger partial charge in [-0.1, -0.05) is 41.1 Å². The summed E-state index contributed by atoms with van der Waals surface area (Å²) in [5.74, 6) is 1.08. The standard InChI is InChI=1S/C19H17N5O2/c1-13-5-7-14(8-6-13)16-12-15(23-26-16)19(25)20-10-9-18-22-21-17-4-2-3-11-24(17)18/h2-8,11-12H,9-10H2,1H3,(H,20,25). The first-order valence-electron chi connectivity index (χ1n) is 8.31. The number of aryl methyl sites for hydroxylation is 1. The Bertz CT molecular complexity index is 1050. The SMILES string of the molecule is Cc1ccc(-c2cc(C(=O)NCCc3nnc4ccccn34)no2)cc1. The number of nitrogens with one attached hydrogen (secondary N) is 1. The number of benzene rings is 1. The van der Waals surface area contributed by atoms with E-state index in [1.54, 1.807) is 6.07 Å². The van der Waals surface area contributed by atoms with Crippen LogP contribution in [0.15, 0.2) is 59.3 Å². The zero-order chi connectivity index (χ0) is 17.9. The smallest absolute Gasteiger partial charge is 0.273 e. The maximum absolute atomic E-state index is 12.3. The average Bonchev–Trinajstić information content (AvgIpc) is 3.30. The molecule has 3 aromatic heterocycles. The first kappa shape index (κ1) is 16.0. The van der Waals surface area contributed by atoms with Crippen LogP contribution in [0.1, 0.15) is 21.9 Å². The Kier molecular flexibility index (Phi) is 4.18. The van der Waals surface area contributed by atoms with E-state index in [2.05, 4.69) is 20.7 Å². The summed E-state index contributed by atoms with van der Waals surface area (Å²) >= 11 is 0. The lowest BCUT2D eigenvalue weighted by molar-refractivity contribution is 0.0945. The highest BCUT2D eigenvalue weighted by molar-refractivity contribution is 5.93. The topological polar surface area (TPSA) is 85.3 Å². The van der Waals surface area contributed by atoms with Gasteiger partial charge in [0.15, 0.2) is 17.1 Å². The van der Waals surface area contributed by atoms with Crippen LogP contribution in [0.5, 0.6) is 0 Å². The minimum Gasteiger partial charge on any atom is -0.355 e. The maximum Gasteiger partial charge on any atom is 0.273 e. The van der Waals surface area contributed by atoms with Crippen LogP contribution in [0.25, 0.3) is 17.0 Å². The second-order valence-corrected chi connectivity index (χ2v) is 5.99. The summed E-state index contributed by atoms with van der Waals surface area (Å²) in [5, 5.41) is 14.9. The largest absolute Gasteiger partial charge is 0.355 e. The van der Waals surface area contributed by atoms with Crippen molar-refractivity contribution in [1.82, 2.24) is 25.1 Å². The van der Waals surface area contributed by atoms with Gasteiger partial charge < -0.3 is 9.84 Å². The number of hydrogen-bond acceptors (Lipinski definition) is 5. The zero-order valence-electron chi connectivity index (χ0n) is 14.2. The van der Waals surface area contributed by atoms with Crippen LogP contribution >= 0.6 is 0 Å². The lowest BCUT2D eigenvalue weighted by atomic mass is 10.1. The molecule has 130 valence electrons. The first-order valence-corrected chi connectivity index (χ1v) is 8.31. The minimum atomic E-state index is -0.277. The number of nitrogens with zero attached hydrogens (tertiary/aromatic N) is 4. The number of amides is 1. The molecule has 7 nitrogen and oxygen atoms in total. The molecule has 4 rings (SSSR count). The quantitative estimate of drug-likeness (QED) is 0.600. The molecular weight excluding hydrogens is 330 g/mol. The fourth-order valence-corrected chi connectivity index (χ4v) is 2.68. The molecule has 0 saturated heterocycles. The van der Waals surface area contributed by atoms with E-state index >= 15 is 0 Å². The Labute approximate surface area is 149 Å². The lowest BCUT2D eigenvalue weighted by Crippen LogP contribution is -2.26. The van der Waals surface area contributed by atoms with Crippen LogP contribution < -0.4 is 5.32 Å². The molecule has 1 N–H and O–H groups in total. The highest BCUT2D eigenvalue weighted by Gasteiger charge is 2.14. The van der Waals surface area contributed by atoms with E-state index in [1.807, 2.05) is 60.0 Å². The minimum absolute atomic E-state index is 0.256. The second-order valence-electron chi connectivity index (χ2n) is 5.99. The van der Waals surface area contributed by atoms with Crippen molar-refractivity contribution in [1.29, 1.82) is 0 Å². The molecule has 0 atom stereocenters. The summed E-state index contributed by atoms with van der Waals surface area (Å²) in [5.41, 5.74) is 3.09. The van der Waals surface area contributed by atoms with Crippen molar-refractivity contribution < 1.29 is 9.32 Å². The molecule has 0 unspecified atom stereocenters. The molecule has 7 heteroatoms. The Morgan fingerprint density at radius 1 is 1.15 bits per heavy atom. The van der Waals surface area contributed by atoms with Gasteiger partial charge in [-0.25, -0.2) is 0 Å². The second kappa shape index (κ2) is 6.79.